The summed E-state index contributed by atoms with van der Waals surface area (Å²) in [6.45, 7) is 2.60. The molecule has 1 aromatic heterocycles. The van der Waals surface area contributed by atoms with E-state index in [0.29, 0.717) is 6.54 Å². The van der Waals surface area contributed by atoms with Gasteiger partial charge in [0.05, 0.1) is 4.88 Å². The predicted octanol–water partition coefficient (Wildman–Crippen LogP) is 3.39. The van der Waals surface area contributed by atoms with Crippen LogP contribution in [0.5, 0.6) is 0 Å². The molecule has 4 heteroatoms. The SMILES string of the molecule is Cc1ccsc1C(=O)N(C)Cc1ccc(N(C)C)cc1. The van der Waals surface area contributed by atoms with Crippen LogP contribution in [0.2, 0.25) is 0 Å². The molecule has 0 aliphatic heterocycles. The second-order valence-corrected chi connectivity index (χ2v) is 6.07. The molecule has 0 atom stereocenters. The standard InChI is InChI=1S/C16H20N2OS/c1-12-9-10-20-15(12)16(19)18(4)11-13-5-7-14(8-6-13)17(2)3/h5-10H,11H2,1-4H3. The molecule has 20 heavy (non-hydrogen) atoms. The minimum atomic E-state index is 0.0918. The number of carbonyl (C=O) groups is 1. The number of carbonyl (C=O) groups excluding carboxylic acids is 1. The summed E-state index contributed by atoms with van der Waals surface area (Å²) in [7, 11) is 5.88. The van der Waals surface area contributed by atoms with Gasteiger partial charge in [-0.05, 0) is 41.6 Å². The van der Waals surface area contributed by atoms with Crippen LogP contribution in [-0.2, 0) is 6.54 Å². The molecule has 0 saturated carbocycles. The maximum absolute atomic E-state index is 12.3. The molecule has 0 spiro atoms. The van der Waals surface area contributed by atoms with Crippen LogP contribution in [0.15, 0.2) is 35.7 Å². The maximum Gasteiger partial charge on any atom is 0.264 e. The van der Waals surface area contributed by atoms with Crippen LogP contribution < -0.4 is 4.90 Å². The van der Waals surface area contributed by atoms with Crippen molar-refractivity contribution in [1.29, 1.82) is 0 Å². The third-order valence-electron chi connectivity index (χ3n) is 3.28. The van der Waals surface area contributed by atoms with E-state index in [1.807, 2.05) is 39.5 Å². The van der Waals surface area contributed by atoms with Gasteiger partial charge in [0.2, 0.25) is 0 Å². The lowest BCUT2D eigenvalue weighted by molar-refractivity contribution is 0.0789. The average molecular weight is 288 g/mol. The van der Waals surface area contributed by atoms with Gasteiger partial charge in [0.15, 0.2) is 0 Å². The van der Waals surface area contributed by atoms with Gasteiger partial charge in [0.25, 0.3) is 5.91 Å². The van der Waals surface area contributed by atoms with Gasteiger partial charge in [-0.2, -0.15) is 0 Å². The lowest BCUT2D eigenvalue weighted by Crippen LogP contribution is -2.25. The van der Waals surface area contributed by atoms with E-state index in [1.165, 1.54) is 11.3 Å². The smallest absolute Gasteiger partial charge is 0.264 e. The quantitative estimate of drug-likeness (QED) is 0.861. The van der Waals surface area contributed by atoms with Crippen molar-refractivity contribution in [3.63, 3.8) is 0 Å². The van der Waals surface area contributed by atoms with Crippen LogP contribution in [0.1, 0.15) is 20.8 Å². The van der Waals surface area contributed by atoms with E-state index in [-0.39, 0.29) is 5.91 Å². The second-order valence-electron chi connectivity index (χ2n) is 5.15. The van der Waals surface area contributed by atoms with Crippen LogP contribution in [0.25, 0.3) is 0 Å². The number of thiophene rings is 1. The van der Waals surface area contributed by atoms with Crippen LogP contribution in [0, 0.1) is 6.92 Å². The first-order chi connectivity index (χ1) is 9.49. The van der Waals surface area contributed by atoms with Gasteiger partial charge in [0.1, 0.15) is 0 Å². The first-order valence-corrected chi connectivity index (χ1v) is 7.43. The molecule has 1 amide bonds. The Kier molecular flexibility index (Phi) is 4.45. The summed E-state index contributed by atoms with van der Waals surface area (Å²) in [4.78, 5) is 17.0. The number of amides is 1. The Morgan fingerprint density at radius 3 is 2.25 bits per heavy atom. The largest absolute Gasteiger partial charge is 0.378 e. The van der Waals surface area contributed by atoms with Crippen LogP contribution in [0.4, 0.5) is 5.69 Å². The highest BCUT2D eigenvalue weighted by molar-refractivity contribution is 7.12. The van der Waals surface area contributed by atoms with Crippen molar-refractivity contribution in [1.82, 2.24) is 4.90 Å². The molecule has 0 unspecified atom stereocenters. The highest BCUT2D eigenvalue weighted by Gasteiger charge is 2.15. The van der Waals surface area contributed by atoms with Gasteiger partial charge in [0, 0.05) is 33.4 Å². The predicted molar refractivity (Wildman–Crippen MR) is 85.6 cm³/mol. The molecule has 0 radical (unpaired) electrons. The van der Waals surface area contributed by atoms with Crippen molar-refractivity contribution in [2.75, 3.05) is 26.0 Å². The summed E-state index contributed by atoms with van der Waals surface area (Å²) in [6, 6.07) is 10.3. The lowest BCUT2D eigenvalue weighted by atomic mass is 10.2. The molecule has 106 valence electrons. The third-order valence-corrected chi connectivity index (χ3v) is 4.28. The minimum Gasteiger partial charge on any atom is -0.378 e. The van der Waals surface area contributed by atoms with Gasteiger partial charge in [-0.3, -0.25) is 4.79 Å². The molecule has 1 aromatic carbocycles. The fourth-order valence-corrected chi connectivity index (χ4v) is 2.93. The van der Waals surface area contributed by atoms with Gasteiger partial charge >= 0.3 is 0 Å². The van der Waals surface area contributed by atoms with Crippen molar-refractivity contribution in [3.05, 3.63) is 51.7 Å². The number of hydrogen-bond donors (Lipinski definition) is 0. The Morgan fingerprint density at radius 2 is 1.75 bits per heavy atom. The van der Waals surface area contributed by atoms with E-state index in [9.17, 15) is 4.79 Å². The number of anilines is 1. The summed E-state index contributed by atoms with van der Waals surface area (Å²) in [5.74, 6) is 0.0918. The summed E-state index contributed by atoms with van der Waals surface area (Å²) in [5.41, 5.74) is 3.35. The molecular weight excluding hydrogens is 268 g/mol. The lowest BCUT2D eigenvalue weighted by Gasteiger charge is -2.18. The molecule has 0 bridgehead atoms. The first-order valence-electron chi connectivity index (χ1n) is 6.55. The molecule has 0 aliphatic carbocycles. The zero-order chi connectivity index (χ0) is 14.7. The van der Waals surface area contributed by atoms with Crippen LogP contribution in [-0.4, -0.2) is 32.0 Å². The zero-order valence-electron chi connectivity index (χ0n) is 12.4. The Balaban J connectivity index is 2.06. The molecule has 2 rings (SSSR count). The Bertz CT molecular complexity index is 587. The molecule has 0 aliphatic rings. The molecule has 0 saturated heterocycles. The van der Waals surface area contributed by atoms with Crippen LogP contribution in [0.3, 0.4) is 0 Å². The third kappa shape index (κ3) is 3.20. The van der Waals surface area contributed by atoms with Crippen LogP contribution >= 0.6 is 11.3 Å². The van der Waals surface area contributed by atoms with E-state index in [2.05, 4.69) is 29.2 Å². The summed E-state index contributed by atoms with van der Waals surface area (Å²) < 4.78 is 0. The Morgan fingerprint density at radius 1 is 1.10 bits per heavy atom. The number of hydrogen-bond acceptors (Lipinski definition) is 3. The first kappa shape index (κ1) is 14.6. The van der Waals surface area contributed by atoms with E-state index in [1.54, 1.807) is 4.90 Å². The van der Waals surface area contributed by atoms with Gasteiger partial charge in [-0.15, -0.1) is 11.3 Å². The van der Waals surface area contributed by atoms with Gasteiger partial charge in [-0.1, -0.05) is 12.1 Å². The number of aryl methyl sites for hydroxylation is 1. The molecule has 1 heterocycles. The van der Waals surface area contributed by atoms with Crippen molar-refractivity contribution < 1.29 is 4.79 Å². The summed E-state index contributed by atoms with van der Waals surface area (Å²) >= 11 is 1.51. The topological polar surface area (TPSA) is 23.6 Å². The fourth-order valence-electron chi connectivity index (χ4n) is 2.01. The van der Waals surface area contributed by atoms with E-state index >= 15 is 0 Å². The molecule has 2 aromatic rings. The summed E-state index contributed by atoms with van der Waals surface area (Å²) in [6.07, 6.45) is 0. The number of rotatable bonds is 4. The molecule has 0 fully saturated rings. The van der Waals surface area contributed by atoms with Crippen molar-refractivity contribution in [2.45, 2.75) is 13.5 Å². The summed E-state index contributed by atoms with van der Waals surface area (Å²) in [5, 5.41) is 1.96. The highest BCUT2D eigenvalue weighted by Crippen LogP contribution is 2.19. The van der Waals surface area contributed by atoms with Crippen molar-refractivity contribution in [2.24, 2.45) is 0 Å². The molecule has 3 nitrogen and oxygen atoms in total. The Labute approximate surface area is 124 Å². The van der Waals surface area contributed by atoms with E-state index in [4.69, 9.17) is 0 Å². The molecular formula is C16H20N2OS. The van der Waals surface area contributed by atoms with Crippen molar-refractivity contribution >= 4 is 22.9 Å². The second kappa shape index (κ2) is 6.09. The minimum absolute atomic E-state index is 0.0918. The zero-order valence-corrected chi connectivity index (χ0v) is 13.2. The normalized spacial score (nSPS) is 10.4. The number of nitrogens with zero attached hydrogens (tertiary/aromatic N) is 2. The maximum atomic E-state index is 12.3. The number of benzene rings is 1. The van der Waals surface area contributed by atoms with E-state index in [0.717, 1.165) is 21.7 Å². The molecule has 0 N–H and O–H groups in total. The van der Waals surface area contributed by atoms with Gasteiger partial charge in [-0.25, -0.2) is 0 Å². The average Bonchev–Trinajstić information content (AvgIpc) is 2.84. The van der Waals surface area contributed by atoms with E-state index < -0.39 is 0 Å². The Hall–Kier alpha value is -1.81. The fraction of sp³-hybridized carbons (Fsp3) is 0.312. The van der Waals surface area contributed by atoms with Gasteiger partial charge < -0.3 is 9.80 Å². The van der Waals surface area contributed by atoms with Crippen molar-refractivity contribution in [3.8, 4) is 0 Å². The monoisotopic (exact) mass is 288 g/mol. The highest BCUT2D eigenvalue weighted by atomic mass is 32.1.